The Labute approximate surface area is 170 Å². The van der Waals surface area contributed by atoms with E-state index in [-0.39, 0.29) is 12.0 Å². The van der Waals surface area contributed by atoms with Crippen molar-refractivity contribution < 1.29 is 14.3 Å². The summed E-state index contributed by atoms with van der Waals surface area (Å²) in [6.07, 6.45) is 6.80. The molecule has 148 valence electrons. The topological polar surface area (TPSA) is 56.6 Å². The van der Waals surface area contributed by atoms with E-state index in [1.807, 2.05) is 67.7 Å². The Morgan fingerprint density at radius 1 is 1.17 bits per heavy atom. The van der Waals surface area contributed by atoms with Crippen LogP contribution in [0.4, 0.5) is 0 Å². The lowest BCUT2D eigenvalue weighted by atomic mass is 10.2. The Morgan fingerprint density at radius 3 is 2.72 bits per heavy atom. The minimum atomic E-state index is -0.192. The van der Waals surface area contributed by atoms with Crippen molar-refractivity contribution in [1.82, 2.24) is 14.7 Å². The van der Waals surface area contributed by atoms with E-state index in [1.165, 1.54) is 0 Å². The minimum absolute atomic E-state index is 0.0672. The van der Waals surface area contributed by atoms with Crippen molar-refractivity contribution in [2.45, 2.75) is 13.0 Å². The maximum atomic E-state index is 12.7. The van der Waals surface area contributed by atoms with Gasteiger partial charge in [0.15, 0.2) is 17.6 Å². The van der Waals surface area contributed by atoms with E-state index >= 15 is 0 Å². The normalized spacial score (nSPS) is 15.4. The van der Waals surface area contributed by atoms with Gasteiger partial charge in [0.25, 0.3) is 0 Å². The van der Waals surface area contributed by atoms with Crippen LogP contribution in [0.1, 0.15) is 12.5 Å². The third-order valence-electron chi connectivity index (χ3n) is 4.73. The quantitative estimate of drug-likeness (QED) is 0.605. The molecule has 2 heterocycles. The first kappa shape index (κ1) is 18.8. The predicted octanol–water partition coefficient (Wildman–Crippen LogP) is 3.57. The van der Waals surface area contributed by atoms with E-state index in [4.69, 9.17) is 9.47 Å². The minimum Gasteiger partial charge on any atom is -0.486 e. The van der Waals surface area contributed by atoms with E-state index in [1.54, 1.807) is 27.9 Å². The highest BCUT2D eigenvalue weighted by molar-refractivity contribution is 5.91. The number of benzene rings is 2. The van der Waals surface area contributed by atoms with E-state index in [0.717, 1.165) is 22.7 Å². The number of amides is 1. The molecule has 2 aromatic carbocycles. The third-order valence-corrected chi connectivity index (χ3v) is 4.73. The van der Waals surface area contributed by atoms with Gasteiger partial charge in [-0.15, -0.1) is 0 Å². The first-order valence-corrected chi connectivity index (χ1v) is 9.68. The van der Waals surface area contributed by atoms with Gasteiger partial charge in [0.05, 0.1) is 18.4 Å². The summed E-state index contributed by atoms with van der Waals surface area (Å²) in [4.78, 5) is 14.4. The second-order valence-electron chi connectivity index (χ2n) is 6.76. The number of aromatic nitrogens is 2. The zero-order valence-corrected chi connectivity index (χ0v) is 16.3. The number of fused-ring (bicyclic) bond motifs is 1. The van der Waals surface area contributed by atoms with Gasteiger partial charge >= 0.3 is 0 Å². The molecule has 1 amide bonds. The summed E-state index contributed by atoms with van der Waals surface area (Å²) in [6.45, 7) is 3.44. The SMILES string of the molecule is CCN(CC1COc2ccccc2O1)C(=O)/C=C/c1cnn(-c2ccccc2)c1. The first-order valence-electron chi connectivity index (χ1n) is 9.68. The zero-order chi connectivity index (χ0) is 20.1. The molecule has 0 radical (unpaired) electrons. The van der Waals surface area contributed by atoms with Crippen LogP contribution in [-0.2, 0) is 4.79 Å². The summed E-state index contributed by atoms with van der Waals surface area (Å²) in [6, 6.07) is 17.4. The molecule has 29 heavy (non-hydrogen) atoms. The first-order chi connectivity index (χ1) is 14.2. The van der Waals surface area contributed by atoms with E-state index in [2.05, 4.69) is 5.10 Å². The van der Waals surface area contributed by atoms with Crippen molar-refractivity contribution >= 4 is 12.0 Å². The van der Waals surface area contributed by atoms with Crippen molar-refractivity contribution in [2.75, 3.05) is 19.7 Å². The molecule has 4 rings (SSSR count). The summed E-state index contributed by atoms with van der Waals surface area (Å²) in [5, 5.41) is 4.35. The number of para-hydroxylation sites is 3. The van der Waals surface area contributed by atoms with Crippen molar-refractivity contribution in [3.05, 3.63) is 78.6 Å². The highest BCUT2D eigenvalue weighted by atomic mass is 16.6. The molecule has 0 saturated heterocycles. The number of likely N-dealkylation sites (N-methyl/N-ethyl adjacent to an activating group) is 1. The van der Waals surface area contributed by atoms with Crippen LogP contribution >= 0.6 is 0 Å². The lowest BCUT2D eigenvalue weighted by Crippen LogP contribution is -2.43. The second kappa shape index (κ2) is 8.65. The van der Waals surface area contributed by atoms with Crippen molar-refractivity contribution in [2.24, 2.45) is 0 Å². The molecule has 0 N–H and O–H groups in total. The molecule has 1 aliphatic heterocycles. The molecule has 3 aromatic rings. The maximum Gasteiger partial charge on any atom is 0.246 e. The number of nitrogens with zero attached hydrogens (tertiary/aromatic N) is 3. The molecule has 0 spiro atoms. The fourth-order valence-corrected chi connectivity index (χ4v) is 3.19. The van der Waals surface area contributed by atoms with Crippen LogP contribution in [0.2, 0.25) is 0 Å². The fourth-order valence-electron chi connectivity index (χ4n) is 3.19. The summed E-state index contributed by atoms with van der Waals surface area (Å²) < 4.78 is 13.5. The van der Waals surface area contributed by atoms with Gasteiger partial charge < -0.3 is 14.4 Å². The summed E-state index contributed by atoms with van der Waals surface area (Å²) in [7, 11) is 0. The Hall–Kier alpha value is -3.54. The fraction of sp³-hybridized carbons (Fsp3) is 0.217. The number of carbonyl (C=O) groups is 1. The third kappa shape index (κ3) is 4.48. The highest BCUT2D eigenvalue weighted by Gasteiger charge is 2.24. The standard InChI is InChI=1S/C23H23N3O3/c1-2-25(16-20-17-28-21-10-6-7-11-22(21)29-20)23(27)13-12-18-14-24-26(15-18)19-8-4-3-5-9-19/h3-15,20H,2,16-17H2,1H3/b13-12+. The lowest BCUT2D eigenvalue weighted by molar-refractivity contribution is -0.127. The summed E-state index contributed by atoms with van der Waals surface area (Å²) in [5.41, 5.74) is 1.84. The van der Waals surface area contributed by atoms with Crippen LogP contribution < -0.4 is 9.47 Å². The molecule has 0 aliphatic carbocycles. The maximum absolute atomic E-state index is 12.7. The van der Waals surface area contributed by atoms with Crippen LogP contribution in [0.3, 0.4) is 0 Å². The average molecular weight is 389 g/mol. The van der Waals surface area contributed by atoms with Crippen molar-refractivity contribution in [3.63, 3.8) is 0 Å². The number of carbonyl (C=O) groups excluding carboxylic acids is 1. The Kier molecular flexibility index (Phi) is 5.61. The molecule has 1 atom stereocenters. The van der Waals surface area contributed by atoms with Gasteiger partial charge in [-0.3, -0.25) is 4.79 Å². The zero-order valence-electron chi connectivity index (χ0n) is 16.3. The number of hydrogen-bond acceptors (Lipinski definition) is 4. The van der Waals surface area contributed by atoms with E-state index in [9.17, 15) is 4.79 Å². The molecule has 0 bridgehead atoms. The molecule has 0 fully saturated rings. The van der Waals surface area contributed by atoms with Gasteiger partial charge in [0.2, 0.25) is 5.91 Å². The van der Waals surface area contributed by atoms with Gasteiger partial charge in [0, 0.05) is 24.4 Å². The summed E-state index contributed by atoms with van der Waals surface area (Å²) in [5.74, 6) is 1.40. The predicted molar refractivity (Wildman–Crippen MR) is 111 cm³/mol. The monoisotopic (exact) mass is 389 g/mol. The number of hydrogen-bond donors (Lipinski definition) is 0. The molecule has 6 nitrogen and oxygen atoms in total. The Bertz CT molecular complexity index is 997. The lowest BCUT2D eigenvalue weighted by Gasteiger charge is -2.30. The number of ether oxygens (including phenoxy) is 2. The van der Waals surface area contributed by atoms with Gasteiger partial charge in [0.1, 0.15) is 6.61 Å². The smallest absolute Gasteiger partial charge is 0.246 e. The number of rotatable bonds is 6. The van der Waals surface area contributed by atoms with Gasteiger partial charge in [-0.05, 0) is 37.3 Å². The molecular formula is C23H23N3O3. The molecule has 1 aromatic heterocycles. The molecule has 1 unspecified atom stereocenters. The van der Waals surface area contributed by atoms with Crippen molar-refractivity contribution in [1.29, 1.82) is 0 Å². The Morgan fingerprint density at radius 2 is 1.93 bits per heavy atom. The van der Waals surface area contributed by atoms with Gasteiger partial charge in [-0.25, -0.2) is 4.68 Å². The van der Waals surface area contributed by atoms with E-state index < -0.39 is 0 Å². The molecule has 6 heteroatoms. The summed E-state index contributed by atoms with van der Waals surface area (Å²) >= 11 is 0. The molecule has 1 aliphatic rings. The van der Waals surface area contributed by atoms with Crippen molar-refractivity contribution in [3.8, 4) is 17.2 Å². The van der Waals surface area contributed by atoms with E-state index in [0.29, 0.717) is 19.7 Å². The van der Waals surface area contributed by atoms with Crippen LogP contribution in [0.5, 0.6) is 11.5 Å². The van der Waals surface area contributed by atoms with Crippen LogP contribution in [0, 0.1) is 0 Å². The van der Waals surface area contributed by atoms with Crippen LogP contribution in [0.25, 0.3) is 11.8 Å². The highest BCUT2D eigenvalue weighted by Crippen LogP contribution is 2.31. The molecular weight excluding hydrogens is 366 g/mol. The average Bonchev–Trinajstić information content (AvgIpc) is 3.25. The Balaban J connectivity index is 1.37. The second-order valence-corrected chi connectivity index (χ2v) is 6.76. The van der Waals surface area contributed by atoms with Crippen LogP contribution in [-0.4, -0.2) is 46.4 Å². The van der Waals surface area contributed by atoms with Gasteiger partial charge in [-0.2, -0.15) is 5.10 Å². The van der Waals surface area contributed by atoms with Gasteiger partial charge in [-0.1, -0.05) is 30.3 Å². The van der Waals surface area contributed by atoms with Crippen LogP contribution in [0.15, 0.2) is 73.1 Å². The molecule has 0 saturated carbocycles. The largest absolute Gasteiger partial charge is 0.486 e.